The Balaban J connectivity index is 0.00000361. The maximum absolute atomic E-state index is 11.3. The first-order valence-electron chi connectivity index (χ1n) is 6.89. The van der Waals surface area contributed by atoms with E-state index in [4.69, 9.17) is 4.74 Å². The maximum Gasteiger partial charge on any atom is 0.310 e. The highest BCUT2D eigenvalue weighted by Gasteiger charge is 2.16. The van der Waals surface area contributed by atoms with Crippen molar-refractivity contribution in [2.75, 3.05) is 32.5 Å². The molecule has 1 aliphatic heterocycles. The van der Waals surface area contributed by atoms with Gasteiger partial charge in [0.15, 0.2) is 5.96 Å². The summed E-state index contributed by atoms with van der Waals surface area (Å²) in [6, 6.07) is 0. The number of hydrogen-bond donors (Lipinski definition) is 2. The first-order valence-corrected chi connectivity index (χ1v) is 7.93. The molecule has 118 valence electrons. The van der Waals surface area contributed by atoms with Crippen LogP contribution < -0.4 is 10.6 Å². The van der Waals surface area contributed by atoms with E-state index in [2.05, 4.69) is 15.6 Å². The van der Waals surface area contributed by atoms with Gasteiger partial charge in [-0.05, 0) is 25.5 Å². The molecule has 0 amide bonds. The molecule has 0 bridgehead atoms. The lowest BCUT2D eigenvalue weighted by molar-refractivity contribution is -0.144. The highest BCUT2D eigenvalue weighted by Crippen LogP contribution is 2.25. The predicted octanol–water partition coefficient (Wildman–Crippen LogP) is 1.86. The average molecular weight is 415 g/mol. The average Bonchev–Trinajstić information content (AvgIpc) is 2.93. The molecule has 0 aromatic carbocycles. The number of hydrogen-bond acceptors (Lipinski definition) is 4. The Hall–Kier alpha value is -0.180. The lowest BCUT2D eigenvalue weighted by atomic mass is 10.2. The van der Waals surface area contributed by atoms with Crippen LogP contribution in [0.3, 0.4) is 0 Å². The highest BCUT2D eigenvalue weighted by atomic mass is 127. The van der Waals surface area contributed by atoms with Crippen molar-refractivity contribution in [3.05, 3.63) is 0 Å². The maximum atomic E-state index is 11.3. The van der Waals surface area contributed by atoms with E-state index < -0.39 is 0 Å². The molecule has 2 atom stereocenters. The van der Waals surface area contributed by atoms with Crippen molar-refractivity contribution in [3.8, 4) is 0 Å². The Morgan fingerprint density at radius 1 is 1.50 bits per heavy atom. The molecule has 0 saturated carbocycles. The lowest BCUT2D eigenvalue weighted by Crippen LogP contribution is -2.40. The number of aliphatic imine (C=N–C) groups is 1. The number of halogens is 1. The molecule has 1 saturated heterocycles. The third-order valence-electron chi connectivity index (χ3n) is 2.99. The number of esters is 1. The quantitative estimate of drug-likeness (QED) is 0.300. The van der Waals surface area contributed by atoms with Crippen LogP contribution in [0.2, 0.25) is 0 Å². The van der Waals surface area contributed by atoms with Crippen LogP contribution in [-0.2, 0) is 9.53 Å². The fraction of sp³-hybridized carbons (Fsp3) is 0.846. The van der Waals surface area contributed by atoms with Crippen LogP contribution in [-0.4, -0.2) is 49.7 Å². The third-order valence-corrected chi connectivity index (χ3v) is 4.39. The van der Waals surface area contributed by atoms with Crippen LogP contribution in [0.4, 0.5) is 0 Å². The van der Waals surface area contributed by atoms with Crippen molar-refractivity contribution < 1.29 is 9.53 Å². The minimum atomic E-state index is -0.217. The van der Waals surface area contributed by atoms with Crippen LogP contribution in [0.25, 0.3) is 0 Å². The van der Waals surface area contributed by atoms with Gasteiger partial charge in [0, 0.05) is 18.3 Å². The van der Waals surface area contributed by atoms with E-state index in [0.717, 1.165) is 19.0 Å². The normalized spacial score (nSPS) is 19.9. The molecular formula is C13H26IN3O2S. The smallest absolute Gasteiger partial charge is 0.310 e. The number of nitrogens with one attached hydrogen (secondary N) is 2. The highest BCUT2D eigenvalue weighted by molar-refractivity contribution is 14.0. The van der Waals surface area contributed by atoms with Gasteiger partial charge < -0.3 is 15.4 Å². The number of carbonyl (C=O) groups is 1. The summed E-state index contributed by atoms with van der Waals surface area (Å²) >= 11 is 2.02. The van der Waals surface area contributed by atoms with Gasteiger partial charge in [-0.3, -0.25) is 9.79 Å². The molecule has 5 nitrogen and oxygen atoms in total. The molecule has 7 heteroatoms. The second-order valence-electron chi connectivity index (χ2n) is 4.66. The summed E-state index contributed by atoms with van der Waals surface area (Å²) < 4.78 is 4.69. The number of nitrogens with zero attached hydrogens (tertiary/aromatic N) is 1. The van der Waals surface area contributed by atoms with E-state index in [1.807, 2.05) is 25.6 Å². The van der Waals surface area contributed by atoms with E-state index in [0.29, 0.717) is 11.8 Å². The van der Waals surface area contributed by atoms with Gasteiger partial charge in [-0.1, -0.05) is 6.92 Å². The number of ether oxygens (including phenoxy) is 1. The van der Waals surface area contributed by atoms with Crippen LogP contribution in [0.1, 0.15) is 26.7 Å². The number of carbonyl (C=O) groups excluding carboxylic acids is 1. The topological polar surface area (TPSA) is 62.7 Å². The first-order chi connectivity index (χ1) is 9.17. The first kappa shape index (κ1) is 19.8. The van der Waals surface area contributed by atoms with Gasteiger partial charge in [-0.25, -0.2) is 0 Å². The van der Waals surface area contributed by atoms with Crippen molar-refractivity contribution in [1.29, 1.82) is 0 Å². The van der Waals surface area contributed by atoms with Crippen molar-refractivity contribution in [2.45, 2.75) is 31.9 Å². The zero-order valence-corrected chi connectivity index (χ0v) is 15.6. The van der Waals surface area contributed by atoms with Crippen LogP contribution in [0, 0.1) is 5.92 Å². The van der Waals surface area contributed by atoms with E-state index in [9.17, 15) is 4.79 Å². The summed E-state index contributed by atoms with van der Waals surface area (Å²) in [5, 5.41) is 7.22. The number of guanidine groups is 1. The largest absolute Gasteiger partial charge is 0.469 e. The zero-order valence-electron chi connectivity index (χ0n) is 12.5. The van der Waals surface area contributed by atoms with E-state index >= 15 is 0 Å². The van der Waals surface area contributed by atoms with E-state index in [-0.39, 0.29) is 35.9 Å². The van der Waals surface area contributed by atoms with Gasteiger partial charge >= 0.3 is 5.97 Å². The Kier molecular flexibility index (Phi) is 11.4. The van der Waals surface area contributed by atoms with Gasteiger partial charge in [0.25, 0.3) is 0 Å². The Morgan fingerprint density at radius 2 is 2.25 bits per heavy atom. The standard InChI is InChI=1S/C13H25N3O2S.HI/c1-4-14-13(15-8-10(2)12(17)18-3)16-9-11-6-5-7-19-11;/h10-11H,4-9H2,1-3H3,(H2,14,15,16);1H. The number of methoxy groups -OCH3 is 1. The summed E-state index contributed by atoms with van der Waals surface area (Å²) in [5.74, 6) is 1.62. The van der Waals surface area contributed by atoms with E-state index in [1.165, 1.54) is 25.7 Å². The lowest BCUT2D eigenvalue weighted by Gasteiger charge is -2.15. The minimum absolute atomic E-state index is 0. The van der Waals surface area contributed by atoms with Crippen LogP contribution >= 0.6 is 35.7 Å². The van der Waals surface area contributed by atoms with Crippen LogP contribution in [0.5, 0.6) is 0 Å². The summed E-state index contributed by atoms with van der Waals surface area (Å²) in [7, 11) is 1.41. The summed E-state index contributed by atoms with van der Waals surface area (Å²) in [6.45, 7) is 6.05. The van der Waals surface area contributed by atoms with Gasteiger partial charge in [0.05, 0.1) is 19.6 Å². The van der Waals surface area contributed by atoms with Crippen molar-refractivity contribution in [2.24, 2.45) is 10.9 Å². The predicted molar refractivity (Wildman–Crippen MR) is 96.1 cm³/mol. The Bertz CT molecular complexity index is 310. The SMILES string of the molecule is CCNC(=NCC(C)C(=O)OC)NCC1CCCS1.I. The molecule has 1 rings (SSSR count). The van der Waals surface area contributed by atoms with Gasteiger partial charge in [-0.2, -0.15) is 11.8 Å². The van der Waals surface area contributed by atoms with Gasteiger partial charge in [0.1, 0.15) is 0 Å². The molecule has 20 heavy (non-hydrogen) atoms. The minimum Gasteiger partial charge on any atom is -0.469 e. The van der Waals surface area contributed by atoms with Crippen molar-refractivity contribution >= 4 is 47.7 Å². The molecule has 0 aromatic rings. The molecule has 0 radical (unpaired) electrons. The van der Waals surface area contributed by atoms with Crippen molar-refractivity contribution in [1.82, 2.24) is 10.6 Å². The second-order valence-corrected chi connectivity index (χ2v) is 6.07. The van der Waals surface area contributed by atoms with E-state index in [1.54, 1.807) is 0 Å². The van der Waals surface area contributed by atoms with Crippen LogP contribution in [0.15, 0.2) is 4.99 Å². The Morgan fingerprint density at radius 3 is 2.80 bits per heavy atom. The molecular weight excluding hydrogens is 389 g/mol. The van der Waals surface area contributed by atoms with Gasteiger partial charge in [-0.15, -0.1) is 24.0 Å². The fourth-order valence-electron chi connectivity index (χ4n) is 1.86. The fourth-order valence-corrected chi connectivity index (χ4v) is 3.06. The zero-order chi connectivity index (χ0) is 14.1. The Labute approximate surface area is 143 Å². The number of rotatable bonds is 6. The molecule has 1 aliphatic rings. The monoisotopic (exact) mass is 415 g/mol. The molecule has 0 spiro atoms. The molecule has 1 heterocycles. The molecule has 2 unspecified atom stereocenters. The molecule has 0 aromatic heterocycles. The molecule has 1 fully saturated rings. The van der Waals surface area contributed by atoms with Gasteiger partial charge in [0.2, 0.25) is 0 Å². The third kappa shape index (κ3) is 7.56. The summed E-state index contributed by atoms with van der Waals surface area (Å²) in [6.07, 6.45) is 2.58. The number of thioether (sulfide) groups is 1. The molecule has 2 N–H and O–H groups in total. The summed E-state index contributed by atoms with van der Waals surface area (Å²) in [5.41, 5.74) is 0. The van der Waals surface area contributed by atoms with Crippen molar-refractivity contribution in [3.63, 3.8) is 0 Å². The summed E-state index contributed by atoms with van der Waals surface area (Å²) in [4.78, 5) is 15.7. The molecule has 0 aliphatic carbocycles. The second kappa shape index (κ2) is 11.5.